The second-order valence-corrected chi connectivity index (χ2v) is 4.23. The van der Waals surface area contributed by atoms with E-state index in [2.05, 4.69) is 35.4 Å². The van der Waals surface area contributed by atoms with Crippen LogP contribution in [-0.4, -0.2) is 28.8 Å². The fourth-order valence-corrected chi connectivity index (χ4v) is 1.79. The van der Waals surface area contributed by atoms with Crippen molar-refractivity contribution in [2.24, 2.45) is 0 Å². The molecule has 0 amide bonds. The average molecular weight is 245 g/mol. The average Bonchev–Trinajstić information content (AvgIpc) is 2.90. The van der Waals surface area contributed by atoms with Gasteiger partial charge in [0.15, 0.2) is 0 Å². The molecule has 2 rings (SSSR count). The van der Waals surface area contributed by atoms with Crippen LogP contribution in [0.1, 0.15) is 13.8 Å². The standard InChI is InChI=1S/C14H19N3O/c1-3-18-10-12(2)16-13-5-4-6-14(9-13)17-8-7-15-11-17/h4-9,11-12,16H,3,10H2,1-2H3. The molecule has 0 aliphatic heterocycles. The zero-order valence-electron chi connectivity index (χ0n) is 10.8. The van der Waals surface area contributed by atoms with Crippen molar-refractivity contribution in [2.45, 2.75) is 19.9 Å². The van der Waals surface area contributed by atoms with Crippen LogP contribution in [0, 0.1) is 0 Å². The fourth-order valence-electron chi connectivity index (χ4n) is 1.79. The van der Waals surface area contributed by atoms with Gasteiger partial charge in [0, 0.05) is 36.4 Å². The lowest BCUT2D eigenvalue weighted by atomic mass is 10.2. The summed E-state index contributed by atoms with van der Waals surface area (Å²) in [6, 6.07) is 8.54. The molecule has 0 aliphatic rings. The van der Waals surface area contributed by atoms with Crippen LogP contribution in [0.2, 0.25) is 0 Å². The van der Waals surface area contributed by atoms with Gasteiger partial charge in [-0.3, -0.25) is 0 Å². The van der Waals surface area contributed by atoms with Crippen LogP contribution in [0.4, 0.5) is 5.69 Å². The molecule has 0 spiro atoms. The third kappa shape index (κ3) is 3.34. The zero-order valence-corrected chi connectivity index (χ0v) is 10.8. The highest BCUT2D eigenvalue weighted by Gasteiger charge is 2.03. The van der Waals surface area contributed by atoms with Gasteiger partial charge in [0.05, 0.1) is 12.9 Å². The number of hydrogen-bond donors (Lipinski definition) is 1. The molecule has 1 heterocycles. The Morgan fingerprint density at radius 1 is 1.44 bits per heavy atom. The van der Waals surface area contributed by atoms with Gasteiger partial charge in [0.2, 0.25) is 0 Å². The molecule has 96 valence electrons. The molecule has 1 aromatic carbocycles. The monoisotopic (exact) mass is 245 g/mol. The lowest BCUT2D eigenvalue weighted by molar-refractivity contribution is 0.141. The molecule has 4 nitrogen and oxygen atoms in total. The summed E-state index contributed by atoms with van der Waals surface area (Å²) in [7, 11) is 0. The Labute approximate surface area is 108 Å². The van der Waals surface area contributed by atoms with Crippen LogP contribution < -0.4 is 5.32 Å². The zero-order chi connectivity index (χ0) is 12.8. The number of rotatable bonds is 6. The van der Waals surface area contributed by atoms with Crippen molar-refractivity contribution < 1.29 is 4.74 Å². The predicted molar refractivity (Wildman–Crippen MR) is 73.1 cm³/mol. The van der Waals surface area contributed by atoms with E-state index < -0.39 is 0 Å². The molecule has 2 aromatic rings. The first-order chi connectivity index (χ1) is 8.79. The molecular formula is C14H19N3O. The van der Waals surface area contributed by atoms with Crippen molar-refractivity contribution in [1.82, 2.24) is 9.55 Å². The molecule has 0 bridgehead atoms. The van der Waals surface area contributed by atoms with Gasteiger partial charge in [-0.15, -0.1) is 0 Å². The lowest BCUT2D eigenvalue weighted by Gasteiger charge is -2.15. The van der Waals surface area contributed by atoms with E-state index in [1.807, 2.05) is 23.8 Å². The molecule has 0 saturated heterocycles. The Morgan fingerprint density at radius 3 is 3.06 bits per heavy atom. The highest BCUT2D eigenvalue weighted by molar-refractivity contribution is 5.51. The minimum absolute atomic E-state index is 0.294. The van der Waals surface area contributed by atoms with Crippen molar-refractivity contribution in [2.75, 3.05) is 18.5 Å². The third-order valence-corrected chi connectivity index (χ3v) is 2.63. The van der Waals surface area contributed by atoms with Crippen LogP contribution in [-0.2, 0) is 4.74 Å². The molecule has 4 heteroatoms. The molecule has 0 saturated carbocycles. The SMILES string of the molecule is CCOCC(C)Nc1cccc(-n2ccnc2)c1. The van der Waals surface area contributed by atoms with Gasteiger partial charge in [0.1, 0.15) is 0 Å². The number of anilines is 1. The summed E-state index contributed by atoms with van der Waals surface area (Å²) in [6.07, 6.45) is 5.50. The number of nitrogens with one attached hydrogen (secondary N) is 1. The Morgan fingerprint density at radius 2 is 2.33 bits per heavy atom. The van der Waals surface area contributed by atoms with E-state index in [1.165, 1.54) is 0 Å². The molecule has 1 atom stereocenters. The van der Waals surface area contributed by atoms with Gasteiger partial charge in [-0.1, -0.05) is 6.07 Å². The van der Waals surface area contributed by atoms with Crippen molar-refractivity contribution in [3.63, 3.8) is 0 Å². The second-order valence-electron chi connectivity index (χ2n) is 4.23. The van der Waals surface area contributed by atoms with Gasteiger partial charge < -0.3 is 14.6 Å². The van der Waals surface area contributed by atoms with E-state index >= 15 is 0 Å². The molecule has 0 fully saturated rings. The first kappa shape index (κ1) is 12.6. The van der Waals surface area contributed by atoms with E-state index in [0.29, 0.717) is 12.6 Å². The Bertz CT molecular complexity index is 468. The van der Waals surface area contributed by atoms with E-state index in [0.717, 1.165) is 18.0 Å². The van der Waals surface area contributed by atoms with Crippen molar-refractivity contribution in [3.05, 3.63) is 43.0 Å². The number of benzene rings is 1. The van der Waals surface area contributed by atoms with Gasteiger partial charge in [-0.2, -0.15) is 0 Å². The number of imidazole rings is 1. The van der Waals surface area contributed by atoms with Gasteiger partial charge in [-0.05, 0) is 32.0 Å². The minimum Gasteiger partial charge on any atom is -0.380 e. The number of aromatic nitrogens is 2. The predicted octanol–water partition coefficient (Wildman–Crippen LogP) is 2.71. The highest BCUT2D eigenvalue weighted by Crippen LogP contribution is 2.15. The smallest absolute Gasteiger partial charge is 0.0991 e. The fraction of sp³-hybridized carbons (Fsp3) is 0.357. The first-order valence-electron chi connectivity index (χ1n) is 6.22. The Hall–Kier alpha value is -1.81. The second kappa shape index (κ2) is 6.21. The number of nitrogens with zero attached hydrogens (tertiary/aromatic N) is 2. The van der Waals surface area contributed by atoms with Gasteiger partial charge >= 0.3 is 0 Å². The maximum atomic E-state index is 5.39. The van der Waals surface area contributed by atoms with Crippen LogP contribution in [0.25, 0.3) is 5.69 Å². The van der Waals surface area contributed by atoms with E-state index in [9.17, 15) is 0 Å². The summed E-state index contributed by atoms with van der Waals surface area (Å²) in [5.41, 5.74) is 2.19. The normalized spacial score (nSPS) is 12.3. The molecule has 1 unspecified atom stereocenters. The van der Waals surface area contributed by atoms with Gasteiger partial charge in [-0.25, -0.2) is 4.98 Å². The first-order valence-corrected chi connectivity index (χ1v) is 6.22. The van der Waals surface area contributed by atoms with Crippen LogP contribution in [0.3, 0.4) is 0 Å². The van der Waals surface area contributed by atoms with E-state index in [4.69, 9.17) is 4.74 Å². The Kier molecular flexibility index (Phi) is 4.36. The summed E-state index contributed by atoms with van der Waals surface area (Å²) in [4.78, 5) is 4.05. The van der Waals surface area contributed by atoms with Gasteiger partial charge in [0.25, 0.3) is 0 Å². The lowest BCUT2D eigenvalue weighted by Crippen LogP contribution is -2.21. The summed E-state index contributed by atoms with van der Waals surface area (Å²) < 4.78 is 7.38. The van der Waals surface area contributed by atoms with Crippen LogP contribution >= 0.6 is 0 Å². The summed E-state index contributed by atoms with van der Waals surface area (Å²) >= 11 is 0. The number of ether oxygens (including phenoxy) is 1. The minimum atomic E-state index is 0.294. The van der Waals surface area contributed by atoms with Crippen molar-refractivity contribution >= 4 is 5.69 Å². The third-order valence-electron chi connectivity index (χ3n) is 2.63. The molecule has 0 aliphatic carbocycles. The maximum absolute atomic E-state index is 5.39. The molecule has 1 N–H and O–H groups in total. The molecule has 0 radical (unpaired) electrons. The Balaban J connectivity index is 2.03. The summed E-state index contributed by atoms with van der Waals surface area (Å²) in [5, 5.41) is 3.42. The largest absolute Gasteiger partial charge is 0.380 e. The maximum Gasteiger partial charge on any atom is 0.0991 e. The number of hydrogen-bond acceptors (Lipinski definition) is 3. The quantitative estimate of drug-likeness (QED) is 0.850. The molecule has 1 aromatic heterocycles. The van der Waals surface area contributed by atoms with Crippen LogP contribution in [0.15, 0.2) is 43.0 Å². The summed E-state index contributed by atoms with van der Waals surface area (Å²) in [5.74, 6) is 0. The van der Waals surface area contributed by atoms with E-state index in [1.54, 1.807) is 12.5 Å². The topological polar surface area (TPSA) is 39.1 Å². The molecular weight excluding hydrogens is 226 g/mol. The highest BCUT2D eigenvalue weighted by atomic mass is 16.5. The van der Waals surface area contributed by atoms with Crippen molar-refractivity contribution in [3.8, 4) is 5.69 Å². The van der Waals surface area contributed by atoms with Crippen LogP contribution in [0.5, 0.6) is 0 Å². The molecule has 18 heavy (non-hydrogen) atoms. The van der Waals surface area contributed by atoms with E-state index in [-0.39, 0.29) is 0 Å². The van der Waals surface area contributed by atoms with Crippen molar-refractivity contribution in [1.29, 1.82) is 0 Å². The summed E-state index contributed by atoms with van der Waals surface area (Å²) in [6.45, 7) is 5.58.